The average molecular weight is 246 g/mol. The van der Waals surface area contributed by atoms with Gasteiger partial charge >= 0.3 is 0 Å². The monoisotopic (exact) mass is 246 g/mol. The molecule has 1 fully saturated rings. The zero-order valence-corrected chi connectivity index (χ0v) is 11.7. The Labute approximate surface area is 109 Å². The van der Waals surface area contributed by atoms with Crippen molar-refractivity contribution in [1.29, 1.82) is 0 Å². The van der Waals surface area contributed by atoms with Gasteiger partial charge in [0.1, 0.15) is 0 Å². The summed E-state index contributed by atoms with van der Waals surface area (Å²) in [5.74, 6) is 0.206. The highest BCUT2D eigenvalue weighted by Gasteiger charge is 2.33. The highest BCUT2D eigenvalue weighted by atomic mass is 16.2. The van der Waals surface area contributed by atoms with E-state index in [1.165, 1.54) is 11.1 Å². The molecule has 1 atom stereocenters. The first kappa shape index (κ1) is 13.1. The van der Waals surface area contributed by atoms with Gasteiger partial charge < -0.3 is 10.2 Å². The van der Waals surface area contributed by atoms with Crippen molar-refractivity contribution in [3.05, 3.63) is 29.3 Å². The normalized spacial score (nSPS) is 19.9. The van der Waals surface area contributed by atoms with Crippen LogP contribution in [0.4, 0.5) is 5.69 Å². The summed E-state index contributed by atoms with van der Waals surface area (Å²) in [4.78, 5) is 14.3. The summed E-state index contributed by atoms with van der Waals surface area (Å²) in [6, 6.07) is 6.59. The summed E-state index contributed by atoms with van der Waals surface area (Å²) in [6.45, 7) is 9.09. The molecule has 1 aromatic rings. The molecule has 1 aliphatic rings. The summed E-state index contributed by atoms with van der Waals surface area (Å²) < 4.78 is 0. The molecule has 0 radical (unpaired) electrons. The number of hydrogen-bond acceptors (Lipinski definition) is 2. The zero-order valence-electron chi connectivity index (χ0n) is 11.7. The molecular weight excluding hydrogens is 224 g/mol. The van der Waals surface area contributed by atoms with Crippen LogP contribution < -0.4 is 10.2 Å². The Bertz CT molecular complexity index is 454. The van der Waals surface area contributed by atoms with Gasteiger partial charge in [-0.1, -0.05) is 26.0 Å². The van der Waals surface area contributed by atoms with Gasteiger partial charge in [0, 0.05) is 18.3 Å². The van der Waals surface area contributed by atoms with Gasteiger partial charge in [-0.3, -0.25) is 4.79 Å². The van der Waals surface area contributed by atoms with E-state index in [4.69, 9.17) is 0 Å². The fraction of sp³-hybridized carbons (Fsp3) is 0.533. The van der Waals surface area contributed by atoms with Gasteiger partial charge in [-0.2, -0.15) is 0 Å². The van der Waals surface area contributed by atoms with Crippen molar-refractivity contribution in [2.75, 3.05) is 11.4 Å². The molecule has 1 heterocycles. The lowest BCUT2D eigenvalue weighted by Crippen LogP contribution is -2.41. The number of hydrogen-bond donors (Lipinski definition) is 1. The molecule has 2 rings (SSSR count). The van der Waals surface area contributed by atoms with Crippen LogP contribution in [0.2, 0.25) is 0 Å². The van der Waals surface area contributed by atoms with Crippen molar-refractivity contribution < 1.29 is 4.79 Å². The zero-order chi connectivity index (χ0) is 13.3. The van der Waals surface area contributed by atoms with E-state index in [2.05, 4.69) is 51.2 Å². The molecule has 1 aromatic carbocycles. The number of rotatable bonds is 3. The van der Waals surface area contributed by atoms with E-state index >= 15 is 0 Å². The Kier molecular flexibility index (Phi) is 3.71. The maximum absolute atomic E-state index is 12.4. The number of benzene rings is 1. The summed E-state index contributed by atoms with van der Waals surface area (Å²) in [5, 5.41) is 3.33. The van der Waals surface area contributed by atoms with Crippen LogP contribution in [0, 0.1) is 13.8 Å². The molecule has 1 saturated heterocycles. The molecule has 18 heavy (non-hydrogen) atoms. The topological polar surface area (TPSA) is 32.3 Å². The largest absolute Gasteiger partial charge is 0.311 e. The van der Waals surface area contributed by atoms with E-state index in [0.29, 0.717) is 6.04 Å². The maximum Gasteiger partial charge on any atom is 0.244 e. The van der Waals surface area contributed by atoms with Crippen LogP contribution in [-0.2, 0) is 4.79 Å². The molecule has 0 bridgehead atoms. The van der Waals surface area contributed by atoms with Crippen molar-refractivity contribution in [1.82, 2.24) is 5.32 Å². The average Bonchev–Trinajstić information content (AvgIpc) is 2.64. The van der Waals surface area contributed by atoms with Crippen LogP contribution in [0.3, 0.4) is 0 Å². The van der Waals surface area contributed by atoms with Gasteiger partial charge in [-0.25, -0.2) is 0 Å². The molecule has 0 saturated carbocycles. The molecule has 98 valence electrons. The lowest BCUT2D eigenvalue weighted by molar-refractivity contribution is -0.118. The predicted octanol–water partition coefficient (Wildman–Crippen LogP) is 2.41. The Balaban J connectivity index is 2.20. The number of aryl methyl sites for hydroxylation is 2. The first-order valence-electron chi connectivity index (χ1n) is 6.63. The van der Waals surface area contributed by atoms with Gasteiger partial charge in [-0.05, 0) is 37.5 Å². The second kappa shape index (κ2) is 5.11. The van der Waals surface area contributed by atoms with Gasteiger partial charge in [-0.15, -0.1) is 0 Å². The number of nitrogens with one attached hydrogen (secondary N) is 1. The molecule has 1 unspecified atom stereocenters. The summed E-state index contributed by atoms with van der Waals surface area (Å²) in [6.07, 6.45) is 0.893. The van der Waals surface area contributed by atoms with Crippen LogP contribution in [0.25, 0.3) is 0 Å². The molecule has 1 aliphatic heterocycles. The Morgan fingerprint density at radius 2 is 2.06 bits per heavy atom. The SMILES string of the molecule is Cc1ccc(C)c(N2CCC(NC(C)C)C2=O)c1. The van der Waals surface area contributed by atoms with Gasteiger partial charge in [0.2, 0.25) is 5.91 Å². The van der Waals surface area contributed by atoms with Crippen LogP contribution in [0.5, 0.6) is 0 Å². The third-order valence-corrected chi connectivity index (χ3v) is 3.40. The van der Waals surface area contributed by atoms with Crippen LogP contribution >= 0.6 is 0 Å². The Hall–Kier alpha value is -1.35. The molecular formula is C15H22N2O. The Morgan fingerprint density at radius 1 is 1.33 bits per heavy atom. The van der Waals surface area contributed by atoms with Crippen molar-refractivity contribution >= 4 is 11.6 Å². The second-order valence-electron chi connectivity index (χ2n) is 5.44. The number of anilines is 1. The fourth-order valence-corrected chi connectivity index (χ4v) is 2.49. The number of carbonyl (C=O) groups excluding carboxylic acids is 1. The van der Waals surface area contributed by atoms with E-state index in [0.717, 1.165) is 18.7 Å². The number of amides is 1. The summed E-state index contributed by atoms with van der Waals surface area (Å²) in [7, 11) is 0. The molecule has 1 N–H and O–H groups in total. The molecule has 3 nitrogen and oxygen atoms in total. The van der Waals surface area contributed by atoms with E-state index in [1.54, 1.807) is 0 Å². The second-order valence-corrected chi connectivity index (χ2v) is 5.44. The Morgan fingerprint density at radius 3 is 2.72 bits per heavy atom. The molecule has 0 spiro atoms. The van der Waals surface area contributed by atoms with Crippen molar-refractivity contribution in [2.24, 2.45) is 0 Å². The molecule has 1 amide bonds. The van der Waals surface area contributed by atoms with Crippen LogP contribution in [0.15, 0.2) is 18.2 Å². The first-order valence-corrected chi connectivity index (χ1v) is 6.63. The van der Waals surface area contributed by atoms with Crippen molar-refractivity contribution in [3.63, 3.8) is 0 Å². The molecule has 0 aliphatic carbocycles. The van der Waals surface area contributed by atoms with E-state index in [-0.39, 0.29) is 11.9 Å². The maximum atomic E-state index is 12.4. The van der Waals surface area contributed by atoms with Crippen LogP contribution in [0.1, 0.15) is 31.4 Å². The molecule has 0 aromatic heterocycles. The lowest BCUT2D eigenvalue weighted by Gasteiger charge is -2.20. The fourth-order valence-electron chi connectivity index (χ4n) is 2.49. The van der Waals surface area contributed by atoms with Gasteiger partial charge in [0.05, 0.1) is 6.04 Å². The van der Waals surface area contributed by atoms with Crippen molar-refractivity contribution in [3.8, 4) is 0 Å². The third-order valence-electron chi connectivity index (χ3n) is 3.40. The smallest absolute Gasteiger partial charge is 0.244 e. The van der Waals surface area contributed by atoms with Crippen molar-refractivity contribution in [2.45, 2.75) is 46.2 Å². The van der Waals surface area contributed by atoms with Gasteiger partial charge in [0.15, 0.2) is 0 Å². The minimum absolute atomic E-state index is 0.0232. The van der Waals surface area contributed by atoms with Crippen LogP contribution in [-0.4, -0.2) is 24.5 Å². The van der Waals surface area contributed by atoms with E-state index in [9.17, 15) is 4.79 Å². The predicted molar refractivity (Wildman–Crippen MR) is 74.9 cm³/mol. The highest BCUT2D eigenvalue weighted by Crippen LogP contribution is 2.26. The minimum atomic E-state index is -0.0232. The van der Waals surface area contributed by atoms with Gasteiger partial charge in [0.25, 0.3) is 0 Å². The summed E-state index contributed by atoms with van der Waals surface area (Å²) in [5.41, 5.74) is 3.43. The quantitative estimate of drug-likeness (QED) is 0.888. The highest BCUT2D eigenvalue weighted by molar-refractivity contribution is 6.00. The summed E-state index contributed by atoms with van der Waals surface area (Å²) >= 11 is 0. The number of carbonyl (C=O) groups is 1. The minimum Gasteiger partial charge on any atom is -0.311 e. The molecule has 3 heteroatoms. The lowest BCUT2D eigenvalue weighted by atomic mass is 10.1. The standard InChI is InChI=1S/C15H22N2O/c1-10(2)16-13-7-8-17(15(13)18)14-9-11(3)5-6-12(14)4/h5-6,9-10,13,16H,7-8H2,1-4H3. The first-order chi connectivity index (χ1) is 8.49. The van der Waals surface area contributed by atoms with E-state index in [1.807, 2.05) is 4.90 Å². The van der Waals surface area contributed by atoms with E-state index < -0.39 is 0 Å². The third kappa shape index (κ3) is 2.56. The number of nitrogens with zero attached hydrogens (tertiary/aromatic N) is 1.